The third-order valence-electron chi connectivity index (χ3n) is 2.83. The first-order valence-electron chi connectivity index (χ1n) is 5.44. The van der Waals surface area contributed by atoms with Crippen molar-refractivity contribution in [2.75, 3.05) is 0 Å². The van der Waals surface area contributed by atoms with E-state index in [2.05, 4.69) is 12.1 Å². The van der Waals surface area contributed by atoms with Crippen molar-refractivity contribution in [3.63, 3.8) is 0 Å². The summed E-state index contributed by atoms with van der Waals surface area (Å²) in [5.74, 6) is 0.418. The molecule has 0 N–H and O–H groups in total. The molecule has 1 saturated carbocycles. The molecule has 0 amide bonds. The predicted octanol–water partition coefficient (Wildman–Crippen LogP) is 4.44. The summed E-state index contributed by atoms with van der Waals surface area (Å²) in [4.78, 5) is 0. The van der Waals surface area contributed by atoms with Crippen molar-refractivity contribution in [1.82, 2.24) is 0 Å². The minimum Gasteiger partial charge on any atom is -0.211 e. The van der Waals surface area contributed by atoms with E-state index in [0.717, 1.165) is 12.0 Å². The molecule has 1 atom stereocenters. The molecule has 0 nitrogen and oxygen atoms in total. The van der Waals surface area contributed by atoms with Crippen molar-refractivity contribution in [1.29, 1.82) is 0 Å². The quantitative estimate of drug-likeness (QED) is 0.634. The lowest BCUT2D eigenvalue weighted by molar-refractivity contribution is 0.380. The summed E-state index contributed by atoms with van der Waals surface area (Å²) in [6.07, 6.45) is 0.896. The number of halogens is 1. The largest absolute Gasteiger partial charge is 0.211 e. The monoisotopic (exact) mass is 204 g/mol. The Labute approximate surface area is 90.8 Å². The van der Waals surface area contributed by atoms with E-state index >= 15 is 0 Å². The van der Waals surface area contributed by atoms with E-state index in [0.29, 0.717) is 5.92 Å². The first-order chi connectivity index (χ1) is 7.00. The van der Waals surface area contributed by atoms with E-state index in [1.165, 1.54) is 5.56 Å². The summed E-state index contributed by atoms with van der Waals surface area (Å²) < 4.78 is 13.9. The van der Waals surface area contributed by atoms with E-state index in [1.54, 1.807) is 0 Å². The van der Waals surface area contributed by atoms with Crippen LogP contribution in [-0.2, 0) is 0 Å². The Balaban J connectivity index is 2.21. The minimum atomic E-state index is -0.334. The maximum atomic E-state index is 13.9. The highest BCUT2D eigenvalue weighted by atomic mass is 19.1. The lowest BCUT2D eigenvalue weighted by Crippen LogP contribution is -2.05. The normalized spacial score (nSPS) is 23.9. The molecule has 15 heavy (non-hydrogen) atoms. The number of allylic oxidation sites excluding steroid dienone is 2. The lowest BCUT2D eigenvalue weighted by Gasteiger charge is -2.15. The van der Waals surface area contributed by atoms with Crippen LogP contribution >= 0.6 is 0 Å². The van der Waals surface area contributed by atoms with Crippen LogP contribution in [0, 0.1) is 5.41 Å². The Morgan fingerprint density at radius 2 is 1.80 bits per heavy atom. The van der Waals surface area contributed by atoms with E-state index in [9.17, 15) is 4.39 Å². The van der Waals surface area contributed by atoms with Crippen LogP contribution in [0.1, 0.15) is 38.7 Å². The molecule has 1 aliphatic carbocycles. The number of benzene rings is 1. The SMILES string of the molecule is CC(C)(C)/C(F)=C1\CC1c1ccccc1. The maximum Gasteiger partial charge on any atom is 0.105 e. The fraction of sp³-hybridized carbons (Fsp3) is 0.429. The molecule has 1 fully saturated rings. The van der Waals surface area contributed by atoms with Crippen molar-refractivity contribution in [2.45, 2.75) is 33.1 Å². The van der Waals surface area contributed by atoms with Crippen LogP contribution in [0.5, 0.6) is 0 Å². The number of rotatable bonds is 1. The third-order valence-corrected chi connectivity index (χ3v) is 2.83. The van der Waals surface area contributed by atoms with Gasteiger partial charge in [0.05, 0.1) is 0 Å². The van der Waals surface area contributed by atoms with Gasteiger partial charge in [0.25, 0.3) is 0 Å². The van der Waals surface area contributed by atoms with Gasteiger partial charge in [-0.2, -0.15) is 0 Å². The highest BCUT2D eigenvalue weighted by Crippen LogP contribution is 2.52. The van der Waals surface area contributed by atoms with Gasteiger partial charge in [-0.25, -0.2) is 4.39 Å². The molecule has 0 aromatic heterocycles. The molecule has 0 bridgehead atoms. The van der Waals surface area contributed by atoms with E-state index < -0.39 is 0 Å². The molecule has 0 spiro atoms. The van der Waals surface area contributed by atoms with Gasteiger partial charge < -0.3 is 0 Å². The van der Waals surface area contributed by atoms with Gasteiger partial charge in [0.1, 0.15) is 5.83 Å². The van der Waals surface area contributed by atoms with Crippen LogP contribution < -0.4 is 0 Å². The van der Waals surface area contributed by atoms with Crippen molar-refractivity contribution in [3.05, 3.63) is 47.3 Å². The van der Waals surface area contributed by atoms with Crippen LogP contribution in [-0.4, -0.2) is 0 Å². The predicted molar refractivity (Wildman–Crippen MR) is 61.4 cm³/mol. The Bertz CT molecular complexity index is 382. The van der Waals surface area contributed by atoms with Crippen molar-refractivity contribution in [3.8, 4) is 0 Å². The van der Waals surface area contributed by atoms with E-state index in [-0.39, 0.29) is 11.2 Å². The van der Waals surface area contributed by atoms with Gasteiger partial charge in [0.15, 0.2) is 0 Å². The lowest BCUT2D eigenvalue weighted by atomic mass is 9.93. The Hall–Kier alpha value is -1.11. The van der Waals surface area contributed by atoms with Gasteiger partial charge in [-0.1, -0.05) is 51.1 Å². The summed E-state index contributed by atoms with van der Waals surface area (Å²) in [5.41, 5.74) is 1.90. The molecule has 0 aliphatic heterocycles. The van der Waals surface area contributed by atoms with Crippen LogP contribution in [0.2, 0.25) is 0 Å². The summed E-state index contributed by atoms with van der Waals surface area (Å²) >= 11 is 0. The molecular weight excluding hydrogens is 187 g/mol. The van der Waals surface area contributed by atoms with Crippen LogP contribution in [0.15, 0.2) is 41.7 Å². The second-order valence-electron chi connectivity index (χ2n) is 5.26. The molecule has 2 rings (SSSR count). The van der Waals surface area contributed by atoms with E-state index in [1.807, 2.05) is 39.0 Å². The molecule has 1 aromatic rings. The molecular formula is C14H17F. The molecule has 1 aromatic carbocycles. The molecule has 0 saturated heterocycles. The molecule has 1 unspecified atom stereocenters. The third kappa shape index (κ3) is 2.11. The van der Waals surface area contributed by atoms with Gasteiger partial charge >= 0.3 is 0 Å². The standard InChI is InChI=1S/C14H17F/c1-14(2,3)13(15)12-9-11(12)10-7-5-4-6-8-10/h4-8,11H,9H2,1-3H3/b13-12-. The van der Waals surface area contributed by atoms with Gasteiger partial charge in [-0.3, -0.25) is 0 Å². The fourth-order valence-corrected chi connectivity index (χ4v) is 1.89. The second kappa shape index (κ2) is 3.48. The molecule has 1 aliphatic rings. The van der Waals surface area contributed by atoms with Crippen molar-refractivity contribution >= 4 is 0 Å². The maximum absolute atomic E-state index is 13.9. The fourth-order valence-electron chi connectivity index (χ4n) is 1.89. The zero-order valence-corrected chi connectivity index (χ0v) is 9.55. The smallest absolute Gasteiger partial charge is 0.105 e. The van der Waals surface area contributed by atoms with Gasteiger partial charge in [0.2, 0.25) is 0 Å². The van der Waals surface area contributed by atoms with Gasteiger partial charge in [-0.05, 0) is 17.6 Å². The first-order valence-corrected chi connectivity index (χ1v) is 5.44. The highest BCUT2D eigenvalue weighted by Gasteiger charge is 2.37. The second-order valence-corrected chi connectivity index (χ2v) is 5.26. The van der Waals surface area contributed by atoms with Crippen LogP contribution in [0.3, 0.4) is 0 Å². The zero-order valence-electron chi connectivity index (χ0n) is 9.55. The van der Waals surface area contributed by atoms with Gasteiger partial charge in [-0.15, -0.1) is 0 Å². The topological polar surface area (TPSA) is 0 Å². The Morgan fingerprint density at radius 3 is 2.33 bits per heavy atom. The van der Waals surface area contributed by atoms with E-state index in [4.69, 9.17) is 0 Å². The summed E-state index contributed by atoms with van der Waals surface area (Å²) in [7, 11) is 0. The average Bonchev–Trinajstić information content (AvgIpc) is 2.96. The Morgan fingerprint density at radius 1 is 1.20 bits per heavy atom. The van der Waals surface area contributed by atoms with Crippen LogP contribution in [0.4, 0.5) is 4.39 Å². The zero-order chi connectivity index (χ0) is 11.1. The summed E-state index contributed by atoms with van der Waals surface area (Å²) in [5, 5.41) is 0. The average molecular weight is 204 g/mol. The summed E-state index contributed by atoms with van der Waals surface area (Å²) in [6.45, 7) is 5.78. The van der Waals surface area contributed by atoms with Crippen molar-refractivity contribution in [2.24, 2.45) is 5.41 Å². The molecule has 1 heteroatoms. The molecule has 0 heterocycles. The first kappa shape index (κ1) is 10.4. The van der Waals surface area contributed by atoms with Crippen LogP contribution in [0.25, 0.3) is 0 Å². The number of hydrogen-bond acceptors (Lipinski definition) is 0. The van der Waals surface area contributed by atoms with Gasteiger partial charge in [0, 0.05) is 11.3 Å². The Kier molecular flexibility index (Phi) is 2.41. The minimum absolute atomic E-state index is 0.0800. The molecule has 80 valence electrons. The highest BCUT2D eigenvalue weighted by molar-refractivity contribution is 5.43. The summed E-state index contributed by atoms with van der Waals surface area (Å²) in [6, 6.07) is 10.2. The van der Waals surface area contributed by atoms with Crippen molar-refractivity contribution < 1.29 is 4.39 Å². The molecule has 0 radical (unpaired) electrons. The number of hydrogen-bond donors (Lipinski definition) is 0.